The monoisotopic (exact) mass is 195 g/mol. The van der Waals surface area contributed by atoms with Crippen LogP contribution in [0.1, 0.15) is 0 Å². The Balaban J connectivity index is 0. The van der Waals surface area contributed by atoms with Crippen molar-refractivity contribution in [2.24, 2.45) is 0 Å². The van der Waals surface area contributed by atoms with Crippen molar-refractivity contribution < 1.29 is 41.1 Å². The molecule has 0 atom stereocenters. The zero-order valence-corrected chi connectivity index (χ0v) is 6.39. The van der Waals surface area contributed by atoms with Gasteiger partial charge in [-0.1, -0.05) is 0 Å². The van der Waals surface area contributed by atoms with Crippen LogP contribution in [0.25, 0.3) is 0 Å². The SMILES string of the molecule is O=P([O-])([O-])OCCO.[Mn+2]. The number of hydrogen-bond acceptors (Lipinski definition) is 5. The van der Waals surface area contributed by atoms with Crippen LogP contribution in [-0.4, -0.2) is 18.3 Å². The van der Waals surface area contributed by atoms with Crippen LogP contribution < -0.4 is 9.79 Å². The first kappa shape index (κ1) is 12.3. The first-order valence-electron chi connectivity index (χ1n) is 1.84. The third-order valence-corrected chi connectivity index (χ3v) is 0.839. The average molecular weight is 195 g/mol. The van der Waals surface area contributed by atoms with Gasteiger partial charge in [-0.05, 0) is 0 Å². The Bertz CT molecular complexity index is 99.1. The summed E-state index contributed by atoms with van der Waals surface area (Å²) < 4.78 is 13.1. The standard InChI is InChI=1S/C2H7O5P.Mn/c3-1-2-7-8(4,5)6;/h3H,1-2H2,(H2,4,5,6);/q;+2/p-2. The van der Waals surface area contributed by atoms with Gasteiger partial charge in [-0.3, -0.25) is 0 Å². The van der Waals surface area contributed by atoms with E-state index in [0.29, 0.717) is 0 Å². The predicted octanol–water partition coefficient (Wildman–Crippen LogP) is -2.18. The first-order chi connectivity index (χ1) is 3.56. The van der Waals surface area contributed by atoms with Crippen LogP contribution in [0.3, 0.4) is 0 Å². The molecule has 0 aliphatic heterocycles. The maximum atomic E-state index is 9.53. The Morgan fingerprint density at radius 1 is 1.56 bits per heavy atom. The molecule has 0 spiro atoms. The molecule has 0 aromatic heterocycles. The summed E-state index contributed by atoms with van der Waals surface area (Å²) in [7, 11) is -4.84. The zero-order chi connectivity index (χ0) is 6.62. The van der Waals surface area contributed by atoms with Crippen LogP contribution in [0.15, 0.2) is 0 Å². The van der Waals surface area contributed by atoms with Gasteiger partial charge in [-0.25, -0.2) is 0 Å². The molecular formula is C2H5MnO5P. The van der Waals surface area contributed by atoms with Gasteiger partial charge in [0.05, 0.1) is 21.0 Å². The summed E-state index contributed by atoms with van der Waals surface area (Å²) in [6.45, 7) is -0.918. The minimum atomic E-state index is -4.84. The van der Waals surface area contributed by atoms with E-state index in [1.54, 1.807) is 0 Å². The van der Waals surface area contributed by atoms with E-state index >= 15 is 0 Å². The van der Waals surface area contributed by atoms with Crippen LogP contribution in [0, 0.1) is 0 Å². The number of aliphatic hydroxyl groups excluding tert-OH is 1. The molecule has 0 aromatic rings. The van der Waals surface area contributed by atoms with Gasteiger partial charge in [0, 0.05) is 0 Å². The van der Waals surface area contributed by atoms with E-state index in [0.717, 1.165) is 0 Å². The average Bonchev–Trinajstić information content (AvgIpc) is 1.59. The Kier molecular flexibility index (Phi) is 7.34. The summed E-state index contributed by atoms with van der Waals surface area (Å²) in [5, 5.41) is 7.91. The number of hydrogen-bond donors (Lipinski definition) is 1. The van der Waals surface area contributed by atoms with Crippen LogP contribution >= 0.6 is 7.82 Å². The van der Waals surface area contributed by atoms with Crippen LogP contribution in [0.5, 0.6) is 0 Å². The first-order valence-corrected chi connectivity index (χ1v) is 3.30. The Labute approximate surface area is 62.7 Å². The number of rotatable bonds is 3. The molecule has 0 saturated carbocycles. The van der Waals surface area contributed by atoms with Gasteiger partial charge in [0.25, 0.3) is 0 Å². The molecule has 7 heteroatoms. The van der Waals surface area contributed by atoms with Crippen molar-refractivity contribution in [1.29, 1.82) is 0 Å². The molecule has 0 rings (SSSR count). The molecule has 0 bridgehead atoms. The second-order valence-corrected chi connectivity index (χ2v) is 2.16. The predicted molar refractivity (Wildman–Crippen MR) is 20.6 cm³/mol. The third kappa shape index (κ3) is 11.9. The molecule has 0 aromatic carbocycles. The van der Waals surface area contributed by atoms with E-state index < -0.39 is 21.0 Å². The van der Waals surface area contributed by atoms with E-state index in [4.69, 9.17) is 5.11 Å². The van der Waals surface area contributed by atoms with Gasteiger partial charge in [0.1, 0.15) is 0 Å². The van der Waals surface area contributed by atoms with E-state index in [9.17, 15) is 14.4 Å². The molecule has 0 unspecified atom stereocenters. The van der Waals surface area contributed by atoms with Gasteiger partial charge in [0.2, 0.25) is 0 Å². The molecule has 0 fully saturated rings. The third-order valence-electron chi connectivity index (χ3n) is 0.341. The number of phosphoric acid groups is 1. The smallest absolute Gasteiger partial charge is 0.790 e. The van der Waals surface area contributed by atoms with Gasteiger partial charge < -0.3 is 24.0 Å². The summed E-state index contributed by atoms with van der Waals surface area (Å²) >= 11 is 0. The normalized spacial score (nSPS) is 10.6. The Morgan fingerprint density at radius 2 is 2.00 bits per heavy atom. The van der Waals surface area contributed by atoms with Gasteiger partial charge in [-0.2, -0.15) is 0 Å². The van der Waals surface area contributed by atoms with Crippen molar-refractivity contribution >= 4 is 7.82 Å². The largest absolute Gasteiger partial charge is 2.00 e. The van der Waals surface area contributed by atoms with E-state index in [-0.39, 0.29) is 17.1 Å². The number of phosphoric ester groups is 1. The molecule has 5 nitrogen and oxygen atoms in total. The second kappa shape index (κ2) is 5.38. The minimum absolute atomic E-state index is 0. The van der Waals surface area contributed by atoms with Gasteiger partial charge in [0.15, 0.2) is 0 Å². The van der Waals surface area contributed by atoms with Crippen molar-refractivity contribution in [2.45, 2.75) is 0 Å². The molecule has 1 radical (unpaired) electrons. The van der Waals surface area contributed by atoms with Crippen molar-refractivity contribution in [2.75, 3.05) is 13.2 Å². The fourth-order valence-corrected chi connectivity index (χ4v) is 0.458. The zero-order valence-electron chi connectivity index (χ0n) is 4.32. The fourth-order valence-electron chi connectivity index (χ4n) is 0.153. The maximum absolute atomic E-state index is 9.53. The minimum Gasteiger partial charge on any atom is -0.790 e. The van der Waals surface area contributed by atoms with Crippen molar-refractivity contribution in [3.05, 3.63) is 0 Å². The number of aliphatic hydroxyl groups is 1. The molecule has 9 heavy (non-hydrogen) atoms. The van der Waals surface area contributed by atoms with Crippen molar-refractivity contribution in [3.8, 4) is 0 Å². The summed E-state index contributed by atoms with van der Waals surface area (Å²) in [6, 6.07) is 0. The quantitative estimate of drug-likeness (QED) is 0.408. The van der Waals surface area contributed by atoms with Crippen LogP contribution in [0.2, 0.25) is 0 Å². The van der Waals surface area contributed by atoms with E-state index in [1.807, 2.05) is 0 Å². The molecule has 0 aliphatic rings. The molecule has 0 saturated heterocycles. The maximum Gasteiger partial charge on any atom is 2.00 e. The van der Waals surface area contributed by atoms with Crippen LogP contribution in [0.4, 0.5) is 0 Å². The topological polar surface area (TPSA) is 92.7 Å². The second-order valence-electron chi connectivity index (χ2n) is 1.00. The summed E-state index contributed by atoms with van der Waals surface area (Å²) in [4.78, 5) is 19.1. The van der Waals surface area contributed by atoms with Gasteiger partial charge >= 0.3 is 17.1 Å². The van der Waals surface area contributed by atoms with Crippen LogP contribution in [-0.2, 0) is 26.2 Å². The van der Waals surface area contributed by atoms with E-state index in [1.165, 1.54) is 0 Å². The summed E-state index contributed by atoms with van der Waals surface area (Å²) in [6.07, 6.45) is 0. The Hall–Kier alpha value is 0.589. The molecule has 0 amide bonds. The fraction of sp³-hybridized carbons (Fsp3) is 1.00. The molecular weight excluding hydrogens is 190 g/mol. The molecule has 0 heterocycles. The van der Waals surface area contributed by atoms with Gasteiger partial charge in [-0.15, -0.1) is 0 Å². The van der Waals surface area contributed by atoms with E-state index in [2.05, 4.69) is 4.52 Å². The molecule has 0 aliphatic carbocycles. The summed E-state index contributed by atoms with van der Waals surface area (Å²) in [5.41, 5.74) is 0. The molecule has 1 N–H and O–H groups in total. The summed E-state index contributed by atoms with van der Waals surface area (Å²) in [5.74, 6) is 0. The Morgan fingerprint density at radius 3 is 2.11 bits per heavy atom. The van der Waals surface area contributed by atoms with Crippen molar-refractivity contribution in [1.82, 2.24) is 0 Å². The van der Waals surface area contributed by atoms with Crippen molar-refractivity contribution in [3.63, 3.8) is 0 Å². The molecule has 55 valence electrons.